The second kappa shape index (κ2) is 6.98. The van der Waals surface area contributed by atoms with Crippen LogP contribution in [0.5, 0.6) is 5.75 Å². The number of amides is 1. The molecule has 0 saturated heterocycles. The molecule has 1 aromatic rings. The molecule has 3 nitrogen and oxygen atoms in total. The second-order valence-electron chi connectivity index (χ2n) is 5.68. The largest absolute Gasteiger partial charge is 0.484 e. The van der Waals surface area contributed by atoms with Crippen molar-refractivity contribution in [2.75, 3.05) is 6.61 Å². The van der Waals surface area contributed by atoms with Gasteiger partial charge in [-0.05, 0) is 42.5 Å². The number of rotatable bonds is 4. The lowest BCUT2D eigenvalue weighted by Gasteiger charge is -2.34. The van der Waals surface area contributed by atoms with Crippen LogP contribution in [-0.2, 0) is 4.79 Å². The van der Waals surface area contributed by atoms with Gasteiger partial charge in [0.25, 0.3) is 5.91 Å². The quantitative estimate of drug-likeness (QED) is 0.920. The highest BCUT2D eigenvalue weighted by atomic mass is 35.5. The molecule has 0 heterocycles. The summed E-state index contributed by atoms with van der Waals surface area (Å²) in [5.74, 6) is 1.81. The number of nitrogens with one attached hydrogen (secondary N) is 1. The zero-order valence-electron chi connectivity index (χ0n) is 12.1. The van der Waals surface area contributed by atoms with Crippen LogP contribution < -0.4 is 10.1 Å². The Bertz CT molecular complexity index is 446. The van der Waals surface area contributed by atoms with Gasteiger partial charge in [0.2, 0.25) is 0 Å². The molecule has 1 amide bonds. The Morgan fingerprint density at radius 1 is 1.30 bits per heavy atom. The standard InChI is InChI=1S/C16H22ClNO2/c1-11-4-3-5-15(12(11)2)18-16(19)10-20-14-8-6-13(17)7-9-14/h6-9,11-12,15H,3-5,10H2,1-2H3,(H,18,19)/t11-,12+,15-/m1/s1. The fourth-order valence-electron chi connectivity index (χ4n) is 2.71. The van der Waals surface area contributed by atoms with Crippen LogP contribution in [0, 0.1) is 11.8 Å². The molecule has 110 valence electrons. The normalized spacial score (nSPS) is 26.1. The minimum absolute atomic E-state index is 0.0501. The number of hydrogen-bond donors (Lipinski definition) is 1. The number of halogens is 1. The maximum absolute atomic E-state index is 11.9. The van der Waals surface area contributed by atoms with Crippen molar-refractivity contribution in [3.63, 3.8) is 0 Å². The van der Waals surface area contributed by atoms with E-state index in [9.17, 15) is 4.79 Å². The highest BCUT2D eigenvalue weighted by molar-refractivity contribution is 6.30. The third kappa shape index (κ3) is 4.14. The first-order valence-corrected chi connectivity index (χ1v) is 7.62. The van der Waals surface area contributed by atoms with Crippen LogP contribution in [0.15, 0.2) is 24.3 Å². The van der Waals surface area contributed by atoms with E-state index in [0.717, 1.165) is 6.42 Å². The summed E-state index contributed by atoms with van der Waals surface area (Å²) in [6.45, 7) is 4.53. The van der Waals surface area contributed by atoms with Crippen molar-refractivity contribution in [3.05, 3.63) is 29.3 Å². The molecule has 0 spiro atoms. The summed E-state index contributed by atoms with van der Waals surface area (Å²) >= 11 is 5.80. The van der Waals surface area contributed by atoms with Gasteiger partial charge in [0, 0.05) is 11.1 Å². The average molecular weight is 296 g/mol. The van der Waals surface area contributed by atoms with E-state index in [4.69, 9.17) is 16.3 Å². The maximum Gasteiger partial charge on any atom is 0.258 e. The van der Waals surface area contributed by atoms with E-state index >= 15 is 0 Å². The third-order valence-corrected chi connectivity index (χ3v) is 4.49. The minimum atomic E-state index is -0.0501. The van der Waals surface area contributed by atoms with E-state index in [2.05, 4.69) is 19.2 Å². The van der Waals surface area contributed by atoms with Gasteiger partial charge >= 0.3 is 0 Å². The molecule has 0 unspecified atom stereocenters. The summed E-state index contributed by atoms with van der Waals surface area (Å²) in [7, 11) is 0. The second-order valence-corrected chi connectivity index (χ2v) is 6.12. The van der Waals surface area contributed by atoms with Gasteiger partial charge < -0.3 is 10.1 Å². The van der Waals surface area contributed by atoms with Crippen LogP contribution in [0.25, 0.3) is 0 Å². The molecule has 0 aromatic heterocycles. The summed E-state index contributed by atoms with van der Waals surface area (Å²) in [5, 5.41) is 3.75. The monoisotopic (exact) mass is 295 g/mol. The first kappa shape index (κ1) is 15.2. The molecule has 20 heavy (non-hydrogen) atoms. The molecule has 3 atom stereocenters. The predicted molar refractivity (Wildman–Crippen MR) is 81.1 cm³/mol. The molecule has 1 saturated carbocycles. The Balaban J connectivity index is 1.79. The van der Waals surface area contributed by atoms with Gasteiger partial charge in [0.15, 0.2) is 6.61 Å². The van der Waals surface area contributed by atoms with Crippen LogP contribution in [-0.4, -0.2) is 18.6 Å². The van der Waals surface area contributed by atoms with Gasteiger partial charge in [-0.2, -0.15) is 0 Å². The SMILES string of the molecule is C[C@H]1[C@H](C)CCC[C@H]1NC(=O)COc1ccc(Cl)cc1. The van der Waals surface area contributed by atoms with E-state index in [0.29, 0.717) is 22.6 Å². The summed E-state index contributed by atoms with van der Waals surface area (Å²) < 4.78 is 5.46. The molecular weight excluding hydrogens is 274 g/mol. The van der Waals surface area contributed by atoms with Crippen LogP contribution in [0.2, 0.25) is 5.02 Å². The molecule has 1 aliphatic rings. The molecule has 4 heteroatoms. The Labute approximate surface area is 125 Å². The molecule has 2 rings (SSSR count). The fraction of sp³-hybridized carbons (Fsp3) is 0.562. The van der Waals surface area contributed by atoms with Crippen LogP contribution >= 0.6 is 11.6 Å². The molecule has 0 aliphatic heterocycles. The highest BCUT2D eigenvalue weighted by Gasteiger charge is 2.28. The smallest absolute Gasteiger partial charge is 0.258 e. The number of benzene rings is 1. The minimum Gasteiger partial charge on any atom is -0.484 e. The van der Waals surface area contributed by atoms with Crippen molar-refractivity contribution in [3.8, 4) is 5.75 Å². The third-order valence-electron chi connectivity index (χ3n) is 4.24. The number of ether oxygens (including phenoxy) is 1. The van der Waals surface area contributed by atoms with E-state index in [1.54, 1.807) is 24.3 Å². The van der Waals surface area contributed by atoms with Crippen LogP contribution in [0.4, 0.5) is 0 Å². The topological polar surface area (TPSA) is 38.3 Å². The van der Waals surface area contributed by atoms with Gasteiger partial charge in [0.05, 0.1) is 0 Å². The molecule has 1 N–H and O–H groups in total. The van der Waals surface area contributed by atoms with Gasteiger partial charge in [-0.25, -0.2) is 0 Å². The Morgan fingerprint density at radius 3 is 2.70 bits per heavy atom. The van der Waals surface area contributed by atoms with Crippen molar-refractivity contribution in [2.45, 2.75) is 39.2 Å². The fourth-order valence-corrected chi connectivity index (χ4v) is 2.84. The predicted octanol–water partition coefficient (Wildman–Crippen LogP) is 3.66. The lowest BCUT2D eigenvalue weighted by molar-refractivity contribution is -0.124. The van der Waals surface area contributed by atoms with Crippen molar-refractivity contribution in [1.29, 1.82) is 0 Å². The van der Waals surface area contributed by atoms with Crippen molar-refractivity contribution in [2.24, 2.45) is 11.8 Å². The van der Waals surface area contributed by atoms with Gasteiger partial charge in [-0.1, -0.05) is 38.3 Å². The van der Waals surface area contributed by atoms with Crippen molar-refractivity contribution < 1.29 is 9.53 Å². The number of hydrogen-bond acceptors (Lipinski definition) is 2. The Kier molecular flexibility index (Phi) is 5.30. The van der Waals surface area contributed by atoms with Crippen LogP contribution in [0.1, 0.15) is 33.1 Å². The lowest BCUT2D eigenvalue weighted by atomic mass is 9.78. The van der Waals surface area contributed by atoms with Crippen molar-refractivity contribution in [1.82, 2.24) is 5.32 Å². The number of carbonyl (C=O) groups is 1. The molecule has 0 radical (unpaired) electrons. The van der Waals surface area contributed by atoms with E-state index in [-0.39, 0.29) is 18.6 Å². The van der Waals surface area contributed by atoms with Crippen molar-refractivity contribution >= 4 is 17.5 Å². The highest BCUT2D eigenvalue weighted by Crippen LogP contribution is 2.29. The lowest BCUT2D eigenvalue weighted by Crippen LogP contribution is -2.45. The Hall–Kier alpha value is -1.22. The van der Waals surface area contributed by atoms with Gasteiger partial charge in [-0.15, -0.1) is 0 Å². The first-order chi connectivity index (χ1) is 9.56. The van der Waals surface area contributed by atoms with Crippen LogP contribution in [0.3, 0.4) is 0 Å². The van der Waals surface area contributed by atoms with Gasteiger partial charge in [0.1, 0.15) is 5.75 Å². The van der Waals surface area contributed by atoms with Gasteiger partial charge in [-0.3, -0.25) is 4.79 Å². The van der Waals surface area contributed by atoms with E-state index < -0.39 is 0 Å². The summed E-state index contributed by atoms with van der Waals surface area (Å²) in [6.07, 6.45) is 3.52. The molecule has 1 aromatic carbocycles. The maximum atomic E-state index is 11.9. The van der Waals surface area contributed by atoms with E-state index in [1.165, 1.54) is 12.8 Å². The Morgan fingerprint density at radius 2 is 2.00 bits per heavy atom. The zero-order valence-corrected chi connectivity index (χ0v) is 12.8. The zero-order chi connectivity index (χ0) is 14.5. The summed E-state index contributed by atoms with van der Waals surface area (Å²) in [4.78, 5) is 11.9. The first-order valence-electron chi connectivity index (χ1n) is 7.24. The molecule has 1 aliphatic carbocycles. The van der Waals surface area contributed by atoms with E-state index in [1.807, 2.05) is 0 Å². The number of carbonyl (C=O) groups excluding carboxylic acids is 1. The average Bonchev–Trinajstić information content (AvgIpc) is 2.43. The summed E-state index contributed by atoms with van der Waals surface area (Å²) in [6, 6.07) is 7.31. The molecular formula is C16H22ClNO2. The molecule has 1 fully saturated rings. The summed E-state index contributed by atoms with van der Waals surface area (Å²) in [5.41, 5.74) is 0. The molecule has 0 bridgehead atoms.